The van der Waals surface area contributed by atoms with Gasteiger partial charge in [0.2, 0.25) is 0 Å². The van der Waals surface area contributed by atoms with Crippen LogP contribution in [0.25, 0.3) is 22.9 Å². The highest BCUT2D eigenvalue weighted by Gasteiger charge is 2.18. The van der Waals surface area contributed by atoms with Crippen LogP contribution in [0.3, 0.4) is 0 Å². The molecule has 0 aliphatic rings. The average molecular weight is 456 g/mol. The van der Waals surface area contributed by atoms with Crippen LogP contribution in [0.2, 0.25) is 0 Å². The fourth-order valence-electron chi connectivity index (χ4n) is 2.77. The van der Waals surface area contributed by atoms with Crippen molar-refractivity contribution in [3.05, 3.63) is 66.1 Å². The van der Waals surface area contributed by atoms with Crippen molar-refractivity contribution in [2.45, 2.75) is 33.2 Å². The molecular formula is C23H26F2N6O2. The first-order chi connectivity index (χ1) is 16.1. The number of hydrogen-bond donors (Lipinski definition) is 2. The van der Waals surface area contributed by atoms with Gasteiger partial charge in [0, 0.05) is 18.2 Å². The zero-order chi connectivity index (χ0) is 23.6. The number of anilines is 1. The number of aliphatic hydroxyl groups excluding tert-OH is 1. The summed E-state index contributed by atoms with van der Waals surface area (Å²) in [6.07, 6.45) is 5.08. The molecule has 1 aromatic carbocycles. The summed E-state index contributed by atoms with van der Waals surface area (Å²) in [6.45, 7) is 4.47. The third kappa shape index (κ3) is 6.19. The second-order valence-electron chi connectivity index (χ2n) is 7.09. The second kappa shape index (κ2) is 11.8. The number of unbranched alkanes of at least 4 members (excludes halogenated alkanes) is 1. The molecule has 0 unspecified atom stereocenters. The quantitative estimate of drug-likeness (QED) is 0.402. The van der Waals surface area contributed by atoms with Crippen LogP contribution in [0.5, 0.6) is 0 Å². The number of benzene rings is 1. The summed E-state index contributed by atoms with van der Waals surface area (Å²) in [5.74, 6) is -0.881. The van der Waals surface area contributed by atoms with Gasteiger partial charge in [0.05, 0.1) is 25.0 Å². The van der Waals surface area contributed by atoms with Gasteiger partial charge in [-0.15, -0.1) is 0 Å². The van der Waals surface area contributed by atoms with Crippen LogP contribution in [0.1, 0.15) is 32.3 Å². The van der Waals surface area contributed by atoms with E-state index in [1.54, 1.807) is 35.0 Å². The van der Waals surface area contributed by atoms with Gasteiger partial charge in [-0.1, -0.05) is 50.0 Å². The van der Waals surface area contributed by atoms with Gasteiger partial charge in [-0.3, -0.25) is 4.68 Å². The van der Waals surface area contributed by atoms with Crippen LogP contribution in [0.4, 0.5) is 14.6 Å². The number of aliphatic hydroxyl groups is 1. The highest BCUT2D eigenvalue weighted by Crippen LogP contribution is 2.25. The molecule has 0 bridgehead atoms. The molecule has 4 aromatic rings. The second-order valence-corrected chi connectivity index (χ2v) is 7.09. The number of nitrogens with zero attached hydrogens (tertiary/aromatic N) is 5. The van der Waals surface area contributed by atoms with E-state index >= 15 is 0 Å². The maximum absolute atomic E-state index is 14.1. The Morgan fingerprint density at radius 1 is 1.06 bits per heavy atom. The smallest absolute Gasteiger partial charge is 0.183 e. The van der Waals surface area contributed by atoms with E-state index in [4.69, 9.17) is 9.63 Å². The number of nitrogens with one attached hydrogen (secondary N) is 1. The first-order valence-electron chi connectivity index (χ1n) is 10.7. The molecule has 8 nitrogen and oxygen atoms in total. The Hall–Kier alpha value is -3.66. The third-order valence-electron chi connectivity index (χ3n) is 4.64. The Labute approximate surface area is 190 Å². The zero-order valence-electron chi connectivity index (χ0n) is 18.5. The van der Waals surface area contributed by atoms with E-state index in [-0.39, 0.29) is 37.2 Å². The van der Waals surface area contributed by atoms with Crippen molar-refractivity contribution in [1.82, 2.24) is 24.9 Å². The summed E-state index contributed by atoms with van der Waals surface area (Å²) in [5.41, 5.74) is 1.86. The van der Waals surface area contributed by atoms with Crippen molar-refractivity contribution in [2.75, 3.05) is 18.5 Å². The zero-order valence-corrected chi connectivity index (χ0v) is 18.5. The van der Waals surface area contributed by atoms with Crippen LogP contribution in [-0.4, -0.2) is 43.2 Å². The number of rotatable bonds is 8. The highest BCUT2D eigenvalue weighted by molar-refractivity contribution is 5.63. The van der Waals surface area contributed by atoms with Crippen LogP contribution in [-0.2, 0) is 6.54 Å². The monoisotopic (exact) mass is 456 g/mol. The SMILES string of the molecule is CCCC.OCCNc1nc(-c2cc(-c3ccon3)n(Cc3ccccc3F)n2)ncc1F. The molecule has 0 fully saturated rings. The average Bonchev–Trinajstić information content (AvgIpc) is 3.50. The number of hydrogen-bond acceptors (Lipinski definition) is 7. The lowest BCUT2D eigenvalue weighted by molar-refractivity contribution is 0.310. The molecule has 0 aliphatic carbocycles. The van der Waals surface area contributed by atoms with Crippen molar-refractivity contribution in [3.8, 4) is 22.9 Å². The summed E-state index contributed by atoms with van der Waals surface area (Å²) >= 11 is 0. The Morgan fingerprint density at radius 2 is 1.85 bits per heavy atom. The molecule has 0 amide bonds. The van der Waals surface area contributed by atoms with E-state index in [2.05, 4.69) is 39.4 Å². The predicted octanol–water partition coefficient (Wildman–Crippen LogP) is 4.53. The largest absolute Gasteiger partial charge is 0.395 e. The van der Waals surface area contributed by atoms with E-state index in [1.807, 2.05) is 0 Å². The molecule has 0 radical (unpaired) electrons. The maximum Gasteiger partial charge on any atom is 0.183 e. The molecular weight excluding hydrogens is 430 g/mol. The van der Waals surface area contributed by atoms with Crippen molar-refractivity contribution in [1.29, 1.82) is 0 Å². The highest BCUT2D eigenvalue weighted by atomic mass is 19.1. The first kappa shape index (κ1) is 24.0. The molecule has 3 heterocycles. The van der Waals surface area contributed by atoms with Gasteiger partial charge in [0.25, 0.3) is 0 Å². The van der Waals surface area contributed by atoms with Crippen molar-refractivity contribution >= 4 is 5.82 Å². The Morgan fingerprint density at radius 3 is 2.52 bits per heavy atom. The topological polar surface area (TPSA) is 102 Å². The van der Waals surface area contributed by atoms with E-state index < -0.39 is 5.82 Å². The van der Waals surface area contributed by atoms with Crippen molar-refractivity contribution < 1.29 is 18.4 Å². The molecule has 174 valence electrons. The lowest BCUT2D eigenvalue weighted by atomic mass is 10.2. The predicted molar refractivity (Wildman–Crippen MR) is 120 cm³/mol. The minimum atomic E-state index is -0.648. The third-order valence-corrected chi connectivity index (χ3v) is 4.64. The fraction of sp³-hybridized carbons (Fsp3) is 0.304. The van der Waals surface area contributed by atoms with Crippen LogP contribution >= 0.6 is 0 Å². The van der Waals surface area contributed by atoms with Gasteiger partial charge in [0.1, 0.15) is 23.5 Å². The molecule has 0 saturated carbocycles. The fourth-order valence-corrected chi connectivity index (χ4v) is 2.77. The van der Waals surface area contributed by atoms with Crippen LogP contribution in [0.15, 0.2) is 53.4 Å². The molecule has 4 rings (SSSR count). The van der Waals surface area contributed by atoms with E-state index in [1.165, 1.54) is 25.2 Å². The Kier molecular flexibility index (Phi) is 8.59. The van der Waals surface area contributed by atoms with Gasteiger partial charge >= 0.3 is 0 Å². The normalized spacial score (nSPS) is 10.6. The van der Waals surface area contributed by atoms with Gasteiger partial charge in [-0.2, -0.15) is 5.10 Å². The van der Waals surface area contributed by atoms with E-state index in [0.29, 0.717) is 22.6 Å². The standard InChI is InChI=1S/C19H16F2N6O2.C4H10/c20-13-4-2-1-3-12(13)11-27-17(15-5-8-29-26-15)9-16(25-27)19-23-10-14(21)18(24-19)22-6-7-28;1-3-4-2/h1-5,8-10,28H,6-7,11H2,(H,22,23,24);3-4H2,1-2H3. The lowest BCUT2D eigenvalue weighted by Crippen LogP contribution is -2.10. The molecule has 0 atom stereocenters. The summed E-state index contributed by atoms with van der Waals surface area (Å²) in [4.78, 5) is 8.13. The van der Waals surface area contributed by atoms with Gasteiger partial charge in [0.15, 0.2) is 17.5 Å². The molecule has 0 aliphatic heterocycles. The summed E-state index contributed by atoms with van der Waals surface area (Å²) in [5, 5.41) is 20.0. The van der Waals surface area contributed by atoms with Crippen molar-refractivity contribution in [3.63, 3.8) is 0 Å². The van der Waals surface area contributed by atoms with Crippen molar-refractivity contribution in [2.24, 2.45) is 0 Å². The Balaban J connectivity index is 0.000000709. The minimum Gasteiger partial charge on any atom is -0.395 e. The van der Waals surface area contributed by atoms with Crippen LogP contribution in [0, 0.1) is 11.6 Å². The summed E-state index contributed by atoms with van der Waals surface area (Å²) < 4.78 is 34.5. The molecule has 0 spiro atoms. The van der Waals surface area contributed by atoms with Crippen LogP contribution < -0.4 is 5.32 Å². The van der Waals surface area contributed by atoms with Gasteiger partial charge in [-0.05, 0) is 12.1 Å². The van der Waals surface area contributed by atoms with Gasteiger partial charge < -0.3 is 14.9 Å². The minimum absolute atomic E-state index is 0.0457. The number of halogens is 2. The molecule has 0 saturated heterocycles. The maximum atomic E-state index is 14.1. The molecule has 3 aromatic heterocycles. The summed E-state index contributed by atoms with van der Waals surface area (Å²) in [7, 11) is 0. The lowest BCUT2D eigenvalue weighted by Gasteiger charge is -2.07. The Bertz CT molecular complexity index is 1150. The molecule has 33 heavy (non-hydrogen) atoms. The molecule has 2 N–H and O–H groups in total. The first-order valence-corrected chi connectivity index (χ1v) is 10.7. The van der Waals surface area contributed by atoms with E-state index in [9.17, 15) is 8.78 Å². The summed E-state index contributed by atoms with van der Waals surface area (Å²) in [6, 6.07) is 9.70. The number of aromatic nitrogens is 5. The van der Waals surface area contributed by atoms with Gasteiger partial charge in [-0.25, -0.2) is 18.7 Å². The molecule has 10 heteroatoms. The van der Waals surface area contributed by atoms with E-state index in [0.717, 1.165) is 6.20 Å².